The van der Waals surface area contributed by atoms with Gasteiger partial charge in [-0.25, -0.2) is 4.79 Å². The van der Waals surface area contributed by atoms with E-state index in [9.17, 15) is 4.79 Å². The van der Waals surface area contributed by atoms with Crippen molar-refractivity contribution in [3.05, 3.63) is 0 Å². The number of rotatable bonds is 2. The Bertz CT molecular complexity index is 256. The van der Waals surface area contributed by atoms with Crippen molar-refractivity contribution in [2.75, 3.05) is 20.6 Å². The molecule has 0 aromatic carbocycles. The van der Waals surface area contributed by atoms with Crippen molar-refractivity contribution < 1.29 is 9.53 Å². The number of nitrogens with zero attached hydrogens (tertiary/aromatic N) is 2. The molecule has 1 N–H and O–H groups in total. The number of ether oxygens (including phenoxy) is 1. The highest BCUT2D eigenvalue weighted by Crippen LogP contribution is 2.06. The third-order valence-corrected chi connectivity index (χ3v) is 1.75. The summed E-state index contributed by atoms with van der Waals surface area (Å²) in [5.41, 5.74) is -0.494. The zero-order valence-corrected chi connectivity index (χ0v) is 11.1. The van der Waals surface area contributed by atoms with Gasteiger partial charge in [0.25, 0.3) is 0 Å². The van der Waals surface area contributed by atoms with Crippen LogP contribution in [0.4, 0.5) is 4.79 Å². The lowest BCUT2D eigenvalue weighted by molar-refractivity contribution is 0.0557. The first-order valence-electron chi connectivity index (χ1n) is 5.48. The van der Waals surface area contributed by atoms with E-state index in [4.69, 9.17) is 4.74 Å². The second-order valence-electron chi connectivity index (χ2n) is 4.60. The molecule has 0 radical (unpaired) electrons. The Hall–Kier alpha value is -1.26. The summed E-state index contributed by atoms with van der Waals surface area (Å²) >= 11 is 0. The lowest BCUT2D eigenvalue weighted by atomic mass is 10.2. The Morgan fingerprint density at radius 2 is 2.00 bits per heavy atom. The number of hydrogen-bond acceptors (Lipinski definition) is 3. The third kappa shape index (κ3) is 6.27. The van der Waals surface area contributed by atoms with Gasteiger partial charge in [0.2, 0.25) is 5.96 Å². The van der Waals surface area contributed by atoms with Gasteiger partial charge in [-0.05, 0) is 27.2 Å². The molecule has 1 amide bonds. The molecule has 0 aliphatic carbocycles. The molecule has 0 rings (SSSR count). The van der Waals surface area contributed by atoms with Crippen LogP contribution in [0, 0.1) is 0 Å². The van der Waals surface area contributed by atoms with Gasteiger partial charge in [-0.1, -0.05) is 6.92 Å². The van der Waals surface area contributed by atoms with Crippen LogP contribution in [0.1, 0.15) is 34.1 Å². The number of hydrogen-bond donors (Lipinski definition) is 1. The Labute approximate surface area is 97.9 Å². The first kappa shape index (κ1) is 14.7. The van der Waals surface area contributed by atoms with Crippen molar-refractivity contribution in [3.8, 4) is 0 Å². The Balaban J connectivity index is 4.29. The molecule has 0 aromatic rings. The average Bonchev–Trinajstić information content (AvgIpc) is 2.11. The molecule has 0 atom stereocenters. The number of alkyl carbamates (subject to hydrolysis) is 1. The molecule has 0 aliphatic heterocycles. The predicted octanol–water partition coefficient (Wildman–Crippen LogP) is 1.84. The highest BCUT2D eigenvalue weighted by atomic mass is 16.6. The molecule has 0 unspecified atom stereocenters. The number of nitrogens with one attached hydrogen (secondary N) is 1. The monoisotopic (exact) mass is 229 g/mol. The molecule has 0 fully saturated rings. The Morgan fingerprint density at radius 3 is 2.38 bits per heavy atom. The van der Waals surface area contributed by atoms with Gasteiger partial charge in [-0.3, -0.25) is 10.3 Å². The summed E-state index contributed by atoms with van der Waals surface area (Å²) in [4.78, 5) is 17.4. The molecule has 0 saturated carbocycles. The minimum atomic E-state index is -0.494. The molecular formula is C11H23N3O2. The van der Waals surface area contributed by atoms with Crippen LogP contribution in [0.2, 0.25) is 0 Å². The van der Waals surface area contributed by atoms with E-state index in [1.54, 1.807) is 7.05 Å². The van der Waals surface area contributed by atoms with Crippen LogP contribution in [-0.4, -0.2) is 43.2 Å². The topological polar surface area (TPSA) is 53.9 Å². The van der Waals surface area contributed by atoms with Crippen molar-refractivity contribution in [1.29, 1.82) is 0 Å². The summed E-state index contributed by atoms with van der Waals surface area (Å²) in [7, 11) is 3.52. The van der Waals surface area contributed by atoms with Gasteiger partial charge in [-0.15, -0.1) is 0 Å². The SMILES string of the molecule is CCCN(C)C(=NC)NC(=O)OC(C)(C)C. The van der Waals surface area contributed by atoms with Gasteiger partial charge < -0.3 is 9.64 Å². The number of guanidine groups is 1. The number of amides is 1. The van der Waals surface area contributed by atoms with E-state index in [0.717, 1.165) is 13.0 Å². The molecule has 0 saturated heterocycles. The summed E-state index contributed by atoms with van der Waals surface area (Å²) in [6.07, 6.45) is 0.516. The van der Waals surface area contributed by atoms with E-state index >= 15 is 0 Å². The fourth-order valence-corrected chi connectivity index (χ4v) is 1.16. The van der Waals surface area contributed by atoms with Crippen LogP contribution < -0.4 is 5.32 Å². The second kappa shape index (κ2) is 6.35. The van der Waals surface area contributed by atoms with Gasteiger partial charge in [0, 0.05) is 20.6 Å². The maximum Gasteiger partial charge on any atom is 0.414 e. The molecule has 94 valence electrons. The molecule has 0 spiro atoms. The van der Waals surface area contributed by atoms with Gasteiger partial charge >= 0.3 is 6.09 Å². The van der Waals surface area contributed by atoms with Gasteiger partial charge in [-0.2, -0.15) is 0 Å². The van der Waals surface area contributed by atoms with Crippen molar-refractivity contribution >= 4 is 12.1 Å². The molecule has 0 aromatic heterocycles. The van der Waals surface area contributed by atoms with Crippen LogP contribution in [-0.2, 0) is 4.74 Å². The van der Waals surface area contributed by atoms with Crippen molar-refractivity contribution in [3.63, 3.8) is 0 Å². The van der Waals surface area contributed by atoms with Crippen LogP contribution >= 0.6 is 0 Å². The van der Waals surface area contributed by atoms with Gasteiger partial charge in [0.05, 0.1) is 0 Å². The van der Waals surface area contributed by atoms with Crippen molar-refractivity contribution in [1.82, 2.24) is 10.2 Å². The zero-order chi connectivity index (χ0) is 12.8. The molecule has 0 heterocycles. The average molecular weight is 229 g/mol. The first-order valence-corrected chi connectivity index (χ1v) is 5.48. The third-order valence-electron chi connectivity index (χ3n) is 1.75. The van der Waals surface area contributed by atoms with E-state index < -0.39 is 11.7 Å². The molecule has 5 nitrogen and oxygen atoms in total. The van der Waals surface area contributed by atoms with Gasteiger partial charge in [0.15, 0.2) is 0 Å². The van der Waals surface area contributed by atoms with Crippen LogP contribution in [0.5, 0.6) is 0 Å². The summed E-state index contributed by atoms with van der Waals surface area (Å²) in [6, 6.07) is 0. The predicted molar refractivity (Wildman–Crippen MR) is 65.6 cm³/mol. The van der Waals surface area contributed by atoms with Crippen LogP contribution in [0.25, 0.3) is 0 Å². The lowest BCUT2D eigenvalue weighted by Crippen LogP contribution is -2.44. The standard InChI is InChI=1S/C11H23N3O2/c1-7-8-14(6)9(12-5)13-10(15)16-11(2,3)4/h7-8H2,1-6H3,(H,12,13,15). The molecule has 0 bridgehead atoms. The molecule has 0 aliphatic rings. The van der Waals surface area contributed by atoms with Crippen LogP contribution in [0.3, 0.4) is 0 Å². The normalized spacial score (nSPS) is 12.2. The van der Waals surface area contributed by atoms with Crippen LogP contribution in [0.15, 0.2) is 4.99 Å². The summed E-state index contributed by atoms with van der Waals surface area (Å²) in [5, 5.41) is 2.62. The smallest absolute Gasteiger partial charge is 0.414 e. The minimum Gasteiger partial charge on any atom is -0.444 e. The zero-order valence-electron chi connectivity index (χ0n) is 11.1. The van der Waals surface area contributed by atoms with Crippen molar-refractivity contribution in [2.45, 2.75) is 39.7 Å². The van der Waals surface area contributed by atoms with E-state index in [1.165, 1.54) is 0 Å². The van der Waals surface area contributed by atoms with E-state index in [1.807, 2.05) is 32.7 Å². The molecule has 5 heteroatoms. The second-order valence-corrected chi connectivity index (χ2v) is 4.60. The lowest BCUT2D eigenvalue weighted by Gasteiger charge is -2.23. The highest BCUT2D eigenvalue weighted by molar-refractivity contribution is 5.93. The number of carbonyl (C=O) groups excluding carboxylic acids is 1. The maximum atomic E-state index is 11.5. The van der Waals surface area contributed by atoms with Crippen molar-refractivity contribution in [2.24, 2.45) is 4.99 Å². The molecule has 16 heavy (non-hydrogen) atoms. The fourth-order valence-electron chi connectivity index (χ4n) is 1.16. The fraction of sp³-hybridized carbons (Fsp3) is 0.818. The Kier molecular flexibility index (Phi) is 5.85. The quantitative estimate of drug-likeness (QED) is 0.580. The molecular weight excluding hydrogens is 206 g/mol. The van der Waals surface area contributed by atoms with E-state index in [-0.39, 0.29) is 0 Å². The highest BCUT2D eigenvalue weighted by Gasteiger charge is 2.18. The largest absolute Gasteiger partial charge is 0.444 e. The summed E-state index contributed by atoms with van der Waals surface area (Å²) in [5.74, 6) is 0.524. The van der Waals surface area contributed by atoms with E-state index in [0.29, 0.717) is 5.96 Å². The Morgan fingerprint density at radius 1 is 1.44 bits per heavy atom. The summed E-state index contributed by atoms with van der Waals surface area (Å²) in [6.45, 7) is 8.38. The first-order chi connectivity index (χ1) is 7.30. The summed E-state index contributed by atoms with van der Waals surface area (Å²) < 4.78 is 5.14. The van der Waals surface area contributed by atoms with Gasteiger partial charge in [0.1, 0.15) is 5.60 Å². The number of carbonyl (C=O) groups is 1. The maximum absolute atomic E-state index is 11.5. The number of aliphatic imine (C=N–C) groups is 1. The minimum absolute atomic E-state index is 0.476. The van der Waals surface area contributed by atoms with E-state index in [2.05, 4.69) is 17.2 Å².